The number of aryl methyl sites for hydroxylation is 2. The number of anilines is 1. The maximum Gasteiger partial charge on any atom is 0.310 e. The minimum atomic E-state index is -1.27. The molecule has 3 aliphatic rings. The maximum atomic E-state index is 14.4. The summed E-state index contributed by atoms with van der Waals surface area (Å²) < 4.78 is 6.51. The molecule has 3 heterocycles. The molecule has 1 spiro atoms. The lowest BCUT2D eigenvalue weighted by atomic mass is 9.62. The second-order valence-corrected chi connectivity index (χ2v) is 10.3. The van der Waals surface area contributed by atoms with Gasteiger partial charge in [0, 0.05) is 12.2 Å². The quantitative estimate of drug-likeness (QED) is 0.592. The van der Waals surface area contributed by atoms with Gasteiger partial charge in [0.2, 0.25) is 5.91 Å². The fourth-order valence-corrected chi connectivity index (χ4v) is 6.69. The number of ether oxygens (including phenoxy) is 1. The number of aliphatic hydroxyl groups excluding tert-OH is 1. The molecule has 0 aliphatic carbocycles. The van der Waals surface area contributed by atoms with Crippen LogP contribution in [0.5, 0.6) is 0 Å². The predicted octanol–water partition coefficient (Wildman–Crippen LogP) is 2.30. The van der Waals surface area contributed by atoms with Gasteiger partial charge in [-0.1, -0.05) is 31.2 Å². The topological polar surface area (TPSA) is 107 Å². The molecular formula is C26H34N2O6. The highest BCUT2D eigenvalue weighted by Crippen LogP contribution is 2.65. The van der Waals surface area contributed by atoms with Gasteiger partial charge in [-0.3, -0.25) is 14.4 Å². The molecule has 0 aromatic heterocycles. The lowest BCUT2D eigenvalue weighted by Crippen LogP contribution is -2.58. The molecule has 7 atom stereocenters. The van der Waals surface area contributed by atoms with Crippen molar-refractivity contribution in [2.45, 2.75) is 64.3 Å². The zero-order valence-corrected chi connectivity index (χ0v) is 20.4. The molecule has 1 aromatic carbocycles. The van der Waals surface area contributed by atoms with Gasteiger partial charge < -0.3 is 24.7 Å². The number of hydrogen-bond donors (Lipinski definition) is 2. The van der Waals surface area contributed by atoms with Crippen LogP contribution in [-0.4, -0.2) is 69.3 Å². The third kappa shape index (κ3) is 3.08. The monoisotopic (exact) mass is 470 g/mol. The number of hydrogen-bond acceptors (Lipinski definition) is 5. The molecule has 0 saturated carbocycles. The van der Waals surface area contributed by atoms with Crippen molar-refractivity contribution in [2.75, 3.05) is 18.1 Å². The number of aliphatic hydroxyl groups is 1. The minimum Gasteiger partial charge on any atom is -0.481 e. The molecule has 0 radical (unpaired) electrons. The summed E-state index contributed by atoms with van der Waals surface area (Å²) in [7, 11) is 0. The van der Waals surface area contributed by atoms with Crippen LogP contribution < -0.4 is 4.90 Å². The molecule has 184 valence electrons. The van der Waals surface area contributed by atoms with E-state index in [0.717, 1.165) is 16.8 Å². The number of para-hydroxylation sites is 1. The van der Waals surface area contributed by atoms with Gasteiger partial charge in [-0.05, 0) is 51.2 Å². The highest BCUT2D eigenvalue weighted by molar-refractivity contribution is 6.05. The summed E-state index contributed by atoms with van der Waals surface area (Å²) in [6, 6.07) is 4.02. The van der Waals surface area contributed by atoms with E-state index in [1.54, 1.807) is 24.8 Å². The van der Waals surface area contributed by atoms with Gasteiger partial charge in [-0.25, -0.2) is 0 Å². The molecule has 2 N–H and O–H groups in total. The number of aliphatic carboxylic acids is 1. The lowest BCUT2D eigenvalue weighted by Gasteiger charge is -2.39. The van der Waals surface area contributed by atoms with Gasteiger partial charge in [0.25, 0.3) is 5.91 Å². The van der Waals surface area contributed by atoms with Crippen LogP contribution in [0.25, 0.3) is 0 Å². The third-order valence-corrected chi connectivity index (χ3v) is 8.28. The number of carboxylic acid groups (broad SMARTS) is 1. The third-order valence-electron chi connectivity index (χ3n) is 8.28. The lowest BCUT2D eigenvalue weighted by molar-refractivity contribution is -0.157. The van der Waals surface area contributed by atoms with E-state index in [9.17, 15) is 24.6 Å². The Labute approximate surface area is 200 Å². The fourth-order valence-electron chi connectivity index (χ4n) is 6.69. The highest BCUT2D eigenvalue weighted by Gasteiger charge is 2.80. The van der Waals surface area contributed by atoms with E-state index in [-0.39, 0.29) is 25.0 Å². The first-order valence-electron chi connectivity index (χ1n) is 11.8. The number of benzene rings is 1. The van der Waals surface area contributed by atoms with Crippen LogP contribution >= 0.6 is 0 Å². The van der Waals surface area contributed by atoms with Crippen LogP contribution in [0.1, 0.15) is 38.3 Å². The second kappa shape index (κ2) is 8.20. The van der Waals surface area contributed by atoms with Gasteiger partial charge in [-0.2, -0.15) is 0 Å². The Kier molecular flexibility index (Phi) is 5.89. The molecule has 4 rings (SSSR count). The van der Waals surface area contributed by atoms with Crippen molar-refractivity contribution >= 4 is 23.5 Å². The number of rotatable bonds is 7. The van der Waals surface area contributed by atoms with Crippen molar-refractivity contribution in [3.8, 4) is 0 Å². The fraction of sp³-hybridized carbons (Fsp3) is 0.577. The van der Waals surface area contributed by atoms with Crippen molar-refractivity contribution in [3.63, 3.8) is 0 Å². The predicted molar refractivity (Wildman–Crippen MR) is 126 cm³/mol. The summed E-state index contributed by atoms with van der Waals surface area (Å²) in [5, 5.41) is 20.1. The average Bonchev–Trinajstić information content (AvgIpc) is 3.28. The first-order valence-corrected chi connectivity index (χ1v) is 11.8. The minimum absolute atomic E-state index is 0.162. The summed E-state index contributed by atoms with van der Waals surface area (Å²) in [5.74, 6) is -4.11. The smallest absolute Gasteiger partial charge is 0.310 e. The van der Waals surface area contributed by atoms with Crippen LogP contribution in [0.4, 0.5) is 5.69 Å². The van der Waals surface area contributed by atoms with E-state index in [4.69, 9.17) is 4.74 Å². The van der Waals surface area contributed by atoms with Crippen LogP contribution in [0, 0.1) is 31.6 Å². The molecular weight excluding hydrogens is 436 g/mol. The van der Waals surface area contributed by atoms with E-state index < -0.39 is 47.0 Å². The SMILES string of the molecule is C=CCN(C(=O)C1N([C@H](C)CO)C(=O)[C@@H]2[C@@H](C(=O)O)[C@]3(C)OC12CC3C)c1c(C)cccc1C. The molecule has 3 fully saturated rings. The summed E-state index contributed by atoms with van der Waals surface area (Å²) >= 11 is 0. The molecule has 8 nitrogen and oxygen atoms in total. The number of amides is 2. The van der Waals surface area contributed by atoms with E-state index in [2.05, 4.69) is 6.58 Å². The number of carboxylic acids is 1. The molecule has 3 unspecified atom stereocenters. The van der Waals surface area contributed by atoms with Gasteiger partial charge in [-0.15, -0.1) is 6.58 Å². The van der Waals surface area contributed by atoms with Gasteiger partial charge in [0.15, 0.2) is 0 Å². The van der Waals surface area contributed by atoms with E-state index in [1.165, 1.54) is 4.90 Å². The van der Waals surface area contributed by atoms with Crippen LogP contribution in [-0.2, 0) is 19.1 Å². The Morgan fingerprint density at radius 2 is 1.97 bits per heavy atom. The van der Waals surface area contributed by atoms with Gasteiger partial charge in [0.1, 0.15) is 17.6 Å². The molecule has 34 heavy (non-hydrogen) atoms. The summed E-state index contributed by atoms with van der Waals surface area (Å²) in [5.41, 5.74) is 0.204. The molecule has 2 bridgehead atoms. The zero-order chi connectivity index (χ0) is 25.2. The van der Waals surface area contributed by atoms with Crippen molar-refractivity contribution in [3.05, 3.63) is 42.0 Å². The summed E-state index contributed by atoms with van der Waals surface area (Å²) in [4.78, 5) is 43.6. The van der Waals surface area contributed by atoms with Crippen molar-refractivity contribution in [1.29, 1.82) is 0 Å². The number of likely N-dealkylation sites (tertiary alicyclic amines) is 1. The standard InChI is InChI=1S/C26H34N2O6/c1-7-11-27(20-14(2)9-8-10-15(20)3)23(31)21-26-12-16(4)25(6,34-26)19(24(32)33)18(26)22(30)28(21)17(5)13-29/h7-10,16-19,21,29H,1,11-13H2,2-6H3,(H,32,33)/t16?,17-,18+,19+,21?,25-,26?/m1/s1. The van der Waals surface area contributed by atoms with Crippen LogP contribution in [0.15, 0.2) is 30.9 Å². The number of fused-ring (bicyclic) bond motifs is 1. The van der Waals surface area contributed by atoms with Crippen molar-refractivity contribution in [2.24, 2.45) is 17.8 Å². The number of carbonyl (C=O) groups is 3. The Balaban J connectivity index is 1.90. The first kappa shape index (κ1) is 24.4. The molecule has 3 aliphatic heterocycles. The summed E-state index contributed by atoms with van der Waals surface area (Å²) in [6.45, 7) is 12.8. The van der Waals surface area contributed by atoms with E-state index >= 15 is 0 Å². The summed E-state index contributed by atoms with van der Waals surface area (Å²) in [6.07, 6.45) is 2.02. The van der Waals surface area contributed by atoms with Gasteiger partial charge in [0.05, 0.1) is 24.2 Å². The number of carbonyl (C=O) groups excluding carboxylic acids is 2. The van der Waals surface area contributed by atoms with Gasteiger partial charge >= 0.3 is 5.97 Å². The maximum absolute atomic E-state index is 14.4. The number of nitrogens with zero attached hydrogens (tertiary/aromatic N) is 2. The normalized spacial score (nSPS) is 34.8. The highest BCUT2D eigenvalue weighted by atomic mass is 16.5. The van der Waals surface area contributed by atoms with Crippen molar-refractivity contribution in [1.82, 2.24) is 4.90 Å². The van der Waals surface area contributed by atoms with Crippen LogP contribution in [0.2, 0.25) is 0 Å². The average molecular weight is 471 g/mol. The molecule has 1 aromatic rings. The molecule has 3 saturated heterocycles. The largest absolute Gasteiger partial charge is 0.481 e. The first-order chi connectivity index (χ1) is 16.0. The van der Waals surface area contributed by atoms with E-state index in [0.29, 0.717) is 6.42 Å². The van der Waals surface area contributed by atoms with Crippen LogP contribution in [0.3, 0.4) is 0 Å². The second-order valence-electron chi connectivity index (χ2n) is 10.3. The van der Waals surface area contributed by atoms with Crippen molar-refractivity contribution < 1.29 is 29.3 Å². The Morgan fingerprint density at radius 1 is 1.35 bits per heavy atom. The molecule has 8 heteroatoms. The Bertz CT molecular complexity index is 1040. The zero-order valence-electron chi connectivity index (χ0n) is 20.4. The Morgan fingerprint density at radius 3 is 2.50 bits per heavy atom. The Hall–Kier alpha value is -2.71. The molecule has 2 amide bonds. The van der Waals surface area contributed by atoms with E-state index in [1.807, 2.05) is 39.0 Å².